The molecule has 0 fully saturated rings. The molecule has 0 saturated carbocycles. The van der Waals surface area contributed by atoms with E-state index < -0.39 is 0 Å². The monoisotopic (exact) mass is 223 g/mol. The van der Waals surface area contributed by atoms with Crippen LogP contribution < -0.4 is 16.0 Å². The molecule has 0 amide bonds. The Balaban J connectivity index is 3.56. The molecule has 0 rings (SSSR count). The summed E-state index contributed by atoms with van der Waals surface area (Å²) in [5, 5.41) is 9.74. The summed E-state index contributed by atoms with van der Waals surface area (Å²) in [7, 11) is 3.91. The van der Waals surface area contributed by atoms with Crippen LogP contribution in [0.3, 0.4) is 0 Å². The van der Waals surface area contributed by atoms with Gasteiger partial charge in [-0.3, -0.25) is 0 Å². The molecule has 3 N–H and O–H groups in total. The Morgan fingerprint density at radius 3 is 2.00 bits per heavy atom. The number of rotatable bonds is 8. The smallest absolute Gasteiger partial charge is 0.0281 e. The van der Waals surface area contributed by atoms with Crippen molar-refractivity contribution < 1.29 is 0 Å². The normalized spacial score (nSPS) is 15.7. The van der Waals surface area contributed by atoms with E-state index >= 15 is 0 Å². The van der Waals surface area contributed by atoms with Crippen LogP contribution in [0.1, 0.15) is 0 Å². The van der Waals surface area contributed by atoms with E-state index in [0.29, 0.717) is 12.1 Å². The molecule has 0 radical (unpaired) electrons. The van der Waals surface area contributed by atoms with E-state index in [-0.39, 0.29) is 0 Å². The van der Waals surface area contributed by atoms with Gasteiger partial charge < -0.3 is 16.0 Å². The maximum atomic E-state index is 4.27. The second-order valence-electron chi connectivity index (χ2n) is 3.01. The highest BCUT2D eigenvalue weighted by Crippen LogP contribution is 1.89. The van der Waals surface area contributed by atoms with Gasteiger partial charge in [-0.1, -0.05) is 0 Å². The largest absolute Gasteiger partial charge is 0.318 e. The number of hydrogen-bond donors (Lipinski definition) is 5. The molecule has 0 aromatic carbocycles. The minimum absolute atomic E-state index is 0.433. The number of thiol groups is 2. The first-order valence-electron chi connectivity index (χ1n) is 4.55. The zero-order valence-corrected chi connectivity index (χ0v) is 10.2. The van der Waals surface area contributed by atoms with Crippen LogP contribution >= 0.6 is 25.3 Å². The first-order valence-corrected chi connectivity index (χ1v) is 5.81. The highest BCUT2D eigenvalue weighted by atomic mass is 32.1. The Morgan fingerprint density at radius 1 is 1.00 bits per heavy atom. The second kappa shape index (κ2) is 9.15. The van der Waals surface area contributed by atoms with Gasteiger partial charge in [-0.15, -0.1) is 0 Å². The quantitative estimate of drug-likeness (QED) is 0.364. The van der Waals surface area contributed by atoms with E-state index in [1.807, 2.05) is 14.1 Å². The van der Waals surface area contributed by atoms with Crippen molar-refractivity contribution in [3.8, 4) is 0 Å². The van der Waals surface area contributed by atoms with Crippen LogP contribution in [0, 0.1) is 0 Å². The summed E-state index contributed by atoms with van der Waals surface area (Å²) in [5.74, 6) is 1.70. The lowest BCUT2D eigenvalue weighted by Gasteiger charge is -2.20. The van der Waals surface area contributed by atoms with Crippen molar-refractivity contribution in [2.45, 2.75) is 12.1 Å². The van der Waals surface area contributed by atoms with Gasteiger partial charge in [0.05, 0.1) is 0 Å². The van der Waals surface area contributed by atoms with Gasteiger partial charge in [0.1, 0.15) is 0 Å². The summed E-state index contributed by atoms with van der Waals surface area (Å²) in [4.78, 5) is 0. The number of likely N-dealkylation sites (N-methyl/N-ethyl adjacent to an activating group) is 2. The second-order valence-corrected chi connectivity index (χ2v) is 3.74. The summed E-state index contributed by atoms with van der Waals surface area (Å²) in [5.41, 5.74) is 0. The third-order valence-electron chi connectivity index (χ3n) is 1.95. The van der Waals surface area contributed by atoms with Crippen LogP contribution in [0.5, 0.6) is 0 Å². The van der Waals surface area contributed by atoms with E-state index in [1.54, 1.807) is 0 Å². The molecular formula is C8H21N3S2. The fraction of sp³-hybridized carbons (Fsp3) is 1.00. The number of nitrogens with one attached hydrogen (secondary N) is 3. The molecule has 0 bridgehead atoms. The zero-order valence-electron chi connectivity index (χ0n) is 8.38. The van der Waals surface area contributed by atoms with Crippen LogP contribution in [0.4, 0.5) is 0 Å². The fourth-order valence-corrected chi connectivity index (χ4v) is 1.58. The lowest BCUT2D eigenvalue weighted by atomic mass is 10.3. The van der Waals surface area contributed by atoms with Crippen molar-refractivity contribution >= 4 is 25.3 Å². The van der Waals surface area contributed by atoms with Gasteiger partial charge >= 0.3 is 0 Å². The molecule has 0 aliphatic heterocycles. The van der Waals surface area contributed by atoms with Crippen LogP contribution in [-0.2, 0) is 0 Å². The zero-order chi connectivity index (χ0) is 10.1. The fourth-order valence-electron chi connectivity index (χ4n) is 1.01. The lowest BCUT2D eigenvalue weighted by Crippen LogP contribution is -2.46. The van der Waals surface area contributed by atoms with Gasteiger partial charge in [-0.05, 0) is 14.1 Å². The van der Waals surface area contributed by atoms with Crippen molar-refractivity contribution in [1.82, 2.24) is 16.0 Å². The molecule has 0 aliphatic carbocycles. The molecule has 13 heavy (non-hydrogen) atoms. The predicted molar refractivity (Wildman–Crippen MR) is 66.3 cm³/mol. The Kier molecular flexibility index (Phi) is 9.56. The molecule has 80 valence electrons. The lowest BCUT2D eigenvalue weighted by molar-refractivity contribution is 0.479. The topological polar surface area (TPSA) is 36.1 Å². The molecule has 2 atom stereocenters. The predicted octanol–water partition coefficient (Wildman–Crippen LogP) is -0.388. The Bertz CT molecular complexity index is 110. The third-order valence-corrected chi connectivity index (χ3v) is 2.83. The Labute approximate surface area is 92.3 Å². The number of hydrogen-bond acceptors (Lipinski definition) is 5. The van der Waals surface area contributed by atoms with Gasteiger partial charge in [0.25, 0.3) is 0 Å². The van der Waals surface area contributed by atoms with Crippen molar-refractivity contribution in [3.05, 3.63) is 0 Å². The molecule has 3 nitrogen and oxygen atoms in total. The summed E-state index contributed by atoms with van der Waals surface area (Å²) in [6, 6.07) is 0.867. The average molecular weight is 223 g/mol. The van der Waals surface area contributed by atoms with Gasteiger partial charge in [0.2, 0.25) is 0 Å². The first kappa shape index (κ1) is 13.6. The van der Waals surface area contributed by atoms with E-state index in [0.717, 1.165) is 24.6 Å². The molecular weight excluding hydrogens is 202 g/mol. The Hall–Kier alpha value is 0.580. The maximum absolute atomic E-state index is 4.27. The van der Waals surface area contributed by atoms with Gasteiger partial charge in [-0.2, -0.15) is 25.3 Å². The molecule has 5 heteroatoms. The van der Waals surface area contributed by atoms with Crippen molar-refractivity contribution in [2.24, 2.45) is 0 Å². The van der Waals surface area contributed by atoms with E-state index in [2.05, 4.69) is 41.2 Å². The van der Waals surface area contributed by atoms with Crippen LogP contribution in [0.2, 0.25) is 0 Å². The average Bonchev–Trinajstić information content (AvgIpc) is 2.17. The van der Waals surface area contributed by atoms with E-state index in [1.165, 1.54) is 0 Å². The van der Waals surface area contributed by atoms with Crippen molar-refractivity contribution in [1.29, 1.82) is 0 Å². The summed E-state index contributed by atoms with van der Waals surface area (Å²) < 4.78 is 0. The van der Waals surface area contributed by atoms with Gasteiger partial charge in [0.15, 0.2) is 0 Å². The minimum atomic E-state index is 0.433. The standard InChI is InChI=1S/C8H21N3S2/c1-9-3-8(6-13)11-4-7(5-12)10-2/h7-13H,3-6H2,1-2H3/t7-,8+/m1/s1. The summed E-state index contributed by atoms with van der Waals surface area (Å²) >= 11 is 8.51. The van der Waals surface area contributed by atoms with Crippen molar-refractivity contribution in [3.63, 3.8) is 0 Å². The third kappa shape index (κ3) is 6.62. The van der Waals surface area contributed by atoms with Gasteiger partial charge in [-0.25, -0.2) is 0 Å². The highest BCUT2D eigenvalue weighted by molar-refractivity contribution is 7.80. The summed E-state index contributed by atoms with van der Waals surface area (Å²) in [6.45, 7) is 1.89. The van der Waals surface area contributed by atoms with E-state index in [9.17, 15) is 0 Å². The van der Waals surface area contributed by atoms with Crippen LogP contribution in [-0.4, -0.2) is 50.8 Å². The molecule has 0 saturated heterocycles. The molecule has 0 unspecified atom stereocenters. The van der Waals surface area contributed by atoms with Crippen LogP contribution in [0.15, 0.2) is 0 Å². The molecule has 0 aliphatic rings. The van der Waals surface area contributed by atoms with Gasteiger partial charge in [0, 0.05) is 36.7 Å². The highest BCUT2D eigenvalue weighted by Gasteiger charge is 2.07. The minimum Gasteiger partial charge on any atom is -0.318 e. The van der Waals surface area contributed by atoms with Crippen LogP contribution in [0.25, 0.3) is 0 Å². The molecule has 0 aromatic rings. The first-order chi connectivity index (χ1) is 6.28. The molecule has 0 spiro atoms. The summed E-state index contributed by atoms with van der Waals surface area (Å²) in [6.07, 6.45) is 0. The van der Waals surface area contributed by atoms with E-state index in [4.69, 9.17) is 0 Å². The molecule has 0 heterocycles. The Morgan fingerprint density at radius 2 is 1.62 bits per heavy atom. The van der Waals surface area contributed by atoms with Crippen molar-refractivity contribution in [2.75, 3.05) is 38.7 Å². The molecule has 0 aromatic heterocycles. The maximum Gasteiger partial charge on any atom is 0.0281 e. The SMILES string of the molecule is CNC[C@@H](CS)NC[C@H](CS)NC.